The second-order valence-electron chi connectivity index (χ2n) is 5.49. The van der Waals surface area contributed by atoms with E-state index in [4.69, 9.17) is 14.2 Å². The van der Waals surface area contributed by atoms with Gasteiger partial charge < -0.3 is 18.9 Å². The van der Waals surface area contributed by atoms with Crippen molar-refractivity contribution < 1.29 is 33.5 Å². The number of fused-ring (bicyclic) bond motifs is 1. The largest absolute Gasteiger partial charge is 0.486 e. The molecule has 1 heterocycles. The number of rotatable bonds is 5. The van der Waals surface area contributed by atoms with E-state index in [9.17, 15) is 19.7 Å². The lowest BCUT2D eigenvalue weighted by atomic mass is 10.1. The Balaban J connectivity index is 1.96. The summed E-state index contributed by atoms with van der Waals surface area (Å²) in [6.45, 7) is 0.487. The molecule has 27 heavy (non-hydrogen) atoms. The summed E-state index contributed by atoms with van der Waals surface area (Å²) in [4.78, 5) is 35.3. The third-order valence-corrected chi connectivity index (χ3v) is 3.82. The number of benzene rings is 2. The number of methoxy groups -OCH3 is 1. The van der Waals surface area contributed by atoms with Crippen molar-refractivity contribution >= 4 is 17.6 Å². The summed E-state index contributed by atoms with van der Waals surface area (Å²) in [5.74, 6) is -1.52. The third kappa shape index (κ3) is 3.81. The van der Waals surface area contributed by atoms with E-state index < -0.39 is 28.7 Å². The van der Waals surface area contributed by atoms with Gasteiger partial charge in [0.05, 0.1) is 18.1 Å². The molecule has 140 valence electrons. The first-order valence-corrected chi connectivity index (χ1v) is 7.93. The maximum absolute atomic E-state index is 12.6. The minimum atomic E-state index is -1.36. The summed E-state index contributed by atoms with van der Waals surface area (Å²) in [7, 11) is 1.15. The molecule has 1 unspecified atom stereocenters. The minimum absolute atomic E-state index is 0.164. The molecule has 9 heteroatoms. The van der Waals surface area contributed by atoms with E-state index in [1.807, 2.05) is 0 Å². The number of nitro benzene ring substituents is 1. The summed E-state index contributed by atoms with van der Waals surface area (Å²) >= 11 is 0. The zero-order valence-electron chi connectivity index (χ0n) is 14.2. The van der Waals surface area contributed by atoms with Gasteiger partial charge in [-0.05, 0) is 0 Å². The van der Waals surface area contributed by atoms with E-state index in [0.717, 1.165) is 13.2 Å². The molecule has 0 spiro atoms. The van der Waals surface area contributed by atoms with E-state index in [2.05, 4.69) is 4.74 Å². The number of hydrogen-bond acceptors (Lipinski definition) is 8. The molecule has 1 aliphatic rings. The van der Waals surface area contributed by atoms with Crippen LogP contribution >= 0.6 is 0 Å². The number of carbonyl (C=O) groups excluding carboxylic acids is 2. The molecular weight excluding hydrogens is 358 g/mol. The molecule has 0 N–H and O–H groups in total. The molecule has 2 aromatic carbocycles. The highest BCUT2D eigenvalue weighted by Gasteiger charge is 2.32. The number of ether oxygens (including phenoxy) is 4. The lowest BCUT2D eigenvalue weighted by molar-refractivity contribution is -0.385. The molecule has 0 fully saturated rings. The normalized spacial score (nSPS) is 13.4. The average molecular weight is 373 g/mol. The van der Waals surface area contributed by atoms with Crippen molar-refractivity contribution in [3.05, 3.63) is 63.7 Å². The smallest absolute Gasteiger partial charge is 0.351 e. The first-order valence-electron chi connectivity index (χ1n) is 7.93. The predicted molar refractivity (Wildman–Crippen MR) is 90.7 cm³/mol. The van der Waals surface area contributed by atoms with Crippen molar-refractivity contribution in [1.82, 2.24) is 0 Å². The van der Waals surface area contributed by atoms with Gasteiger partial charge in [0.2, 0.25) is 6.10 Å². The summed E-state index contributed by atoms with van der Waals surface area (Å²) in [6, 6.07) is 10.5. The van der Waals surface area contributed by atoms with Crippen molar-refractivity contribution in [1.29, 1.82) is 0 Å². The third-order valence-electron chi connectivity index (χ3n) is 3.82. The first-order chi connectivity index (χ1) is 13.0. The van der Waals surface area contributed by atoms with E-state index in [1.165, 1.54) is 6.07 Å². The molecule has 3 rings (SSSR count). The van der Waals surface area contributed by atoms with Gasteiger partial charge in [0.25, 0.3) is 5.69 Å². The van der Waals surface area contributed by atoms with Gasteiger partial charge in [-0.15, -0.1) is 0 Å². The fourth-order valence-corrected chi connectivity index (χ4v) is 2.55. The van der Waals surface area contributed by atoms with Gasteiger partial charge in [0.15, 0.2) is 11.5 Å². The van der Waals surface area contributed by atoms with Crippen molar-refractivity contribution in [2.75, 3.05) is 20.3 Å². The van der Waals surface area contributed by atoms with Gasteiger partial charge in [-0.25, -0.2) is 9.59 Å². The Hall–Kier alpha value is -3.62. The average Bonchev–Trinajstić information content (AvgIpc) is 2.70. The van der Waals surface area contributed by atoms with Crippen molar-refractivity contribution in [3.8, 4) is 11.5 Å². The summed E-state index contributed by atoms with van der Waals surface area (Å²) in [5.41, 5.74) is -0.493. The van der Waals surface area contributed by atoms with Crippen LogP contribution in [0.5, 0.6) is 11.5 Å². The molecular formula is C18H15NO8. The van der Waals surface area contributed by atoms with Crippen molar-refractivity contribution in [2.45, 2.75) is 6.10 Å². The van der Waals surface area contributed by atoms with E-state index in [0.29, 0.717) is 5.56 Å². The van der Waals surface area contributed by atoms with Crippen LogP contribution in [0.25, 0.3) is 0 Å². The number of hydrogen-bond donors (Lipinski definition) is 0. The van der Waals surface area contributed by atoms with E-state index >= 15 is 0 Å². The van der Waals surface area contributed by atoms with E-state index in [-0.39, 0.29) is 30.3 Å². The van der Waals surface area contributed by atoms with Gasteiger partial charge >= 0.3 is 11.9 Å². The Kier molecular flexibility index (Phi) is 5.20. The van der Waals surface area contributed by atoms with Crippen LogP contribution in [0.1, 0.15) is 22.0 Å². The van der Waals surface area contributed by atoms with Crippen LogP contribution in [0.3, 0.4) is 0 Å². The molecule has 0 bridgehead atoms. The molecule has 1 aliphatic heterocycles. The van der Waals surface area contributed by atoms with Gasteiger partial charge in [0, 0.05) is 11.6 Å². The number of nitrogens with zero attached hydrogens (tertiary/aromatic N) is 1. The molecule has 2 aromatic rings. The molecule has 0 radical (unpaired) electrons. The van der Waals surface area contributed by atoms with Crippen molar-refractivity contribution in [2.24, 2.45) is 0 Å². The SMILES string of the molecule is COC(=O)C(OC(=O)c1cc2c(cc1[N+](=O)[O-])OCCO2)c1ccccc1. The quantitative estimate of drug-likeness (QED) is 0.446. The molecule has 1 atom stereocenters. The highest BCUT2D eigenvalue weighted by Crippen LogP contribution is 2.37. The number of esters is 2. The Labute approximate surface area is 153 Å². The van der Waals surface area contributed by atoms with Crippen LogP contribution in [-0.2, 0) is 14.3 Å². The monoisotopic (exact) mass is 373 g/mol. The van der Waals surface area contributed by atoms with Gasteiger partial charge in [-0.3, -0.25) is 10.1 Å². The molecule has 9 nitrogen and oxygen atoms in total. The minimum Gasteiger partial charge on any atom is -0.486 e. The van der Waals surface area contributed by atoms with Crippen molar-refractivity contribution in [3.63, 3.8) is 0 Å². The maximum Gasteiger partial charge on any atom is 0.351 e. The van der Waals surface area contributed by atoms with Crippen LogP contribution in [-0.4, -0.2) is 37.2 Å². The second kappa shape index (κ2) is 7.73. The topological polar surface area (TPSA) is 114 Å². The standard InChI is InChI=1S/C18H15NO8/c1-24-18(21)16(11-5-3-2-4-6-11)27-17(20)12-9-14-15(26-8-7-25-14)10-13(12)19(22)23/h2-6,9-10,16H,7-8H2,1H3. The van der Waals surface area contributed by atoms with Crippen LogP contribution in [0.2, 0.25) is 0 Å². The fourth-order valence-electron chi connectivity index (χ4n) is 2.55. The van der Waals surface area contributed by atoms with Crippen LogP contribution in [0.4, 0.5) is 5.69 Å². The lowest BCUT2D eigenvalue weighted by Gasteiger charge is -2.20. The molecule has 0 amide bonds. The molecule has 0 saturated heterocycles. The van der Waals surface area contributed by atoms with Gasteiger partial charge in [0.1, 0.15) is 18.8 Å². The second-order valence-corrected chi connectivity index (χ2v) is 5.49. The Morgan fingerprint density at radius 2 is 1.74 bits per heavy atom. The maximum atomic E-state index is 12.6. The first kappa shape index (κ1) is 18.2. The highest BCUT2D eigenvalue weighted by atomic mass is 16.6. The fraction of sp³-hybridized carbons (Fsp3) is 0.222. The van der Waals surface area contributed by atoms with Gasteiger partial charge in [-0.2, -0.15) is 0 Å². The van der Waals surface area contributed by atoms with Crippen LogP contribution < -0.4 is 9.47 Å². The summed E-state index contributed by atoms with van der Waals surface area (Å²) in [5, 5.41) is 11.4. The summed E-state index contributed by atoms with van der Waals surface area (Å²) in [6.07, 6.45) is -1.36. The highest BCUT2D eigenvalue weighted by molar-refractivity contribution is 5.96. The summed E-state index contributed by atoms with van der Waals surface area (Å²) < 4.78 is 20.6. The van der Waals surface area contributed by atoms with E-state index in [1.54, 1.807) is 30.3 Å². The van der Waals surface area contributed by atoms with Gasteiger partial charge in [-0.1, -0.05) is 30.3 Å². The molecule has 0 aromatic heterocycles. The lowest BCUT2D eigenvalue weighted by Crippen LogP contribution is -2.22. The zero-order chi connectivity index (χ0) is 19.4. The Bertz CT molecular complexity index is 880. The molecule has 0 saturated carbocycles. The Morgan fingerprint density at radius 1 is 1.11 bits per heavy atom. The number of carbonyl (C=O) groups is 2. The van der Waals surface area contributed by atoms with Crippen LogP contribution in [0, 0.1) is 10.1 Å². The predicted octanol–water partition coefficient (Wildman–Crippen LogP) is 2.44. The Morgan fingerprint density at radius 3 is 2.33 bits per heavy atom. The van der Waals surface area contributed by atoms with Crippen LogP contribution in [0.15, 0.2) is 42.5 Å². The number of nitro groups is 1. The molecule has 0 aliphatic carbocycles. The zero-order valence-corrected chi connectivity index (χ0v) is 14.2.